The lowest BCUT2D eigenvalue weighted by Gasteiger charge is -2.00. The van der Waals surface area contributed by atoms with E-state index in [0.29, 0.717) is 5.56 Å². The van der Waals surface area contributed by atoms with Crippen LogP contribution in [-0.4, -0.2) is 23.1 Å². The first-order chi connectivity index (χ1) is 7.65. The zero-order valence-electron chi connectivity index (χ0n) is 9.01. The summed E-state index contributed by atoms with van der Waals surface area (Å²) >= 11 is 0. The van der Waals surface area contributed by atoms with E-state index in [9.17, 15) is 4.79 Å². The molecule has 0 saturated heterocycles. The molecular formula is C12H12N2O2. The zero-order valence-corrected chi connectivity index (χ0v) is 9.01. The predicted molar refractivity (Wildman–Crippen MR) is 59.9 cm³/mol. The molecular weight excluding hydrogens is 204 g/mol. The van der Waals surface area contributed by atoms with Gasteiger partial charge in [0.2, 0.25) is 0 Å². The Bertz CT molecular complexity index is 445. The monoisotopic (exact) mass is 216 g/mol. The predicted octanol–water partition coefficient (Wildman–Crippen LogP) is 1.82. The first-order valence-corrected chi connectivity index (χ1v) is 4.74. The summed E-state index contributed by atoms with van der Waals surface area (Å²) in [4.78, 5) is 14.5. The topological polar surface area (TPSA) is 62.7 Å². The van der Waals surface area contributed by atoms with Crippen LogP contribution in [0.2, 0.25) is 0 Å². The van der Waals surface area contributed by atoms with E-state index in [-0.39, 0.29) is 12.3 Å². The Labute approximate surface area is 93.8 Å². The molecule has 1 aromatic rings. The average Bonchev–Trinajstić information content (AvgIpc) is 2.29. The summed E-state index contributed by atoms with van der Waals surface area (Å²) in [5.74, 6) is -0.670. The number of benzene rings is 1. The van der Waals surface area contributed by atoms with Gasteiger partial charge in [-0.3, -0.25) is 0 Å². The van der Waals surface area contributed by atoms with Crippen LogP contribution in [0.5, 0.6) is 0 Å². The second-order valence-electron chi connectivity index (χ2n) is 3.35. The minimum Gasteiger partial charge on any atom is -0.452 e. The van der Waals surface area contributed by atoms with Gasteiger partial charge in [0.25, 0.3) is 0 Å². The highest BCUT2D eigenvalue weighted by atomic mass is 16.5. The molecule has 0 spiro atoms. The lowest BCUT2D eigenvalue weighted by Crippen LogP contribution is -2.20. The van der Waals surface area contributed by atoms with Gasteiger partial charge < -0.3 is 10.3 Å². The molecule has 0 aliphatic rings. The van der Waals surface area contributed by atoms with Gasteiger partial charge >= 0.3 is 11.7 Å². The van der Waals surface area contributed by atoms with Crippen molar-refractivity contribution in [3.05, 3.63) is 53.6 Å². The van der Waals surface area contributed by atoms with Crippen molar-refractivity contribution in [1.29, 1.82) is 0 Å². The normalized spacial score (nSPS) is 9.06. The maximum absolute atomic E-state index is 11.5. The van der Waals surface area contributed by atoms with Crippen LogP contribution < -0.4 is 0 Å². The molecule has 82 valence electrons. The molecule has 1 rings (SSSR count). The van der Waals surface area contributed by atoms with Gasteiger partial charge in [-0.15, -0.1) is 0 Å². The molecule has 0 heterocycles. The van der Waals surface area contributed by atoms with Crippen LogP contribution in [0.25, 0.3) is 5.53 Å². The van der Waals surface area contributed by atoms with Crippen LogP contribution in [0.4, 0.5) is 0 Å². The van der Waals surface area contributed by atoms with Crippen LogP contribution in [-0.2, 0) is 9.53 Å². The highest BCUT2D eigenvalue weighted by molar-refractivity contribution is 6.40. The van der Waals surface area contributed by atoms with Crippen LogP contribution in [0.3, 0.4) is 0 Å². The van der Waals surface area contributed by atoms with Gasteiger partial charge in [-0.05, 0) is 24.6 Å². The maximum Gasteiger partial charge on any atom is 0.422 e. The van der Waals surface area contributed by atoms with Gasteiger partial charge in [0.15, 0.2) is 0 Å². The number of esters is 1. The quantitative estimate of drug-likeness (QED) is 0.253. The van der Waals surface area contributed by atoms with Crippen molar-refractivity contribution in [2.75, 3.05) is 6.61 Å². The van der Waals surface area contributed by atoms with E-state index in [4.69, 9.17) is 10.3 Å². The highest BCUT2D eigenvalue weighted by Gasteiger charge is 2.23. The van der Waals surface area contributed by atoms with E-state index in [0.717, 1.165) is 5.57 Å². The maximum atomic E-state index is 11.5. The summed E-state index contributed by atoms with van der Waals surface area (Å²) in [5.41, 5.74) is 9.90. The standard InChI is InChI=1S/C12H12N2O2/c1-9(2)8-16-12(15)11(14-13)10-6-4-3-5-7-10/h3-7H,1,8H2,2H3. The highest BCUT2D eigenvalue weighted by Crippen LogP contribution is 2.01. The Morgan fingerprint density at radius 1 is 1.44 bits per heavy atom. The van der Waals surface area contributed by atoms with Gasteiger partial charge in [-0.25, -0.2) is 4.79 Å². The lowest BCUT2D eigenvalue weighted by molar-refractivity contribution is -0.139. The van der Waals surface area contributed by atoms with Gasteiger partial charge in [0.1, 0.15) is 6.61 Å². The molecule has 0 unspecified atom stereocenters. The Balaban J connectivity index is 2.81. The van der Waals surface area contributed by atoms with E-state index in [1.807, 2.05) is 0 Å². The fourth-order valence-electron chi connectivity index (χ4n) is 1.07. The summed E-state index contributed by atoms with van der Waals surface area (Å²) in [6.45, 7) is 5.46. The van der Waals surface area contributed by atoms with Gasteiger partial charge in [-0.1, -0.05) is 24.8 Å². The van der Waals surface area contributed by atoms with Crippen LogP contribution in [0.15, 0.2) is 42.5 Å². The first kappa shape index (κ1) is 11.9. The number of hydrogen-bond acceptors (Lipinski definition) is 2. The van der Waals surface area contributed by atoms with Crippen LogP contribution >= 0.6 is 0 Å². The molecule has 0 bridgehead atoms. The molecule has 0 atom stereocenters. The summed E-state index contributed by atoms with van der Waals surface area (Å²) in [5, 5.41) is 0. The molecule has 0 aliphatic heterocycles. The number of ether oxygens (including phenoxy) is 1. The molecule has 4 heteroatoms. The average molecular weight is 216 g/mol. The smallest absolute Gasteiger partial charge is 0.422 e. The number of carbonyl (C=O) groups excluding carboxylic acids is 1. The molecule has 0 aliphatic carbocycles. The van der Waals surface area contributed by atoms with Crippen molar-refractivity contribution in [3.8, 4) is 0 Å². The molecule has 0 radical (unpaired) electrons. The Morgan fingerprint density at radius 3 is 2.56 bits per heavy atom. The van der Waals surface area contributed by atoms with Crippen LogP contribution in [0, 0.1) is 0 Å². The van der Waals surface area contributed by atoms with Crippen molar-refractivity contribution in [3.63, 3.8) is 0 Å². The van der Waals surface area contributed by atoms with E-state index >= 15 is 0 Å². The van der Waals surface area contributed by atoms with Crippen molar-refractivity contribution in [2.24, 2.45) is 0 Å². The minimum atomic E-state index is -0.670. The summed E-state index contributed by atoms with van der Waals surface area (Å²) in [7, 11) is 0. The summed E-state index contributed by atoms with van der Waals surface area (Å²) < 4.78 is 4.88. The summed E-state index contributed by atoms with van der Waals surface area (Å²) in [6, 6.07) is 8.62. The van der Waals surface area contributed by atoms with E-state index in [1.54, 1.807) is 37.3 Å². The van der Waals surface area contributed by atoms with Crippen molar-refractivity contribution in [2.45, 2.75) is 6.92 Å². The largest absolute Gasteiger partial charge is 0.452 e. The third-order valence-corrected chi connectivity index (χ3v) is 1.79. The fraction of sp³-hybridized carbons (Fsp3) is 0.167. The lowest BCUT2D eigenvalue weighted by atomic mass is 10.1. The van der Waals surface area contributed by atoms with Gasteiger partial charge in [0, 0.05) is 0 Å². The van der Waals surface area contributed by atoms with E-state index < -0.39 is 5.97 Å². The molecule has 0 saturated carbocycles. The van der Waals surface area contributed by atoms with Crippen molar-refractivity contribution < 1.29 is 14.3 Å². The third-order valence-electron chi connectivity index (χ3n) is 1.79. The van der Waals surface area contributed by atoms with Crippen molar-refractivity contribution in [1.82, 2.24) is 0 Å². The number of hydrogen-bond donors (Lipinski definition) is 0. The minimum absolute atomic E-state index is 0.109. The summed E-state index contributed by atoms with van der Waals surface area (Å²) in [6.07, 6.45) is 0. The van der Waals surface area contributed by atoms with Gasteiger partial charge in [-0.2, -0.15) is 4.79 Å². The molecule has 0 amide bonds. The Morgan fingerprint density at radius 2 is 2.06 bits per heavy atom. The molecule has 4 nitrogen and oxygen atoms in total. The van der Waals surface area contributed by atoms with E-state index in [2.05, 4.69) is 11.4 Å². The molecule has 16 heavy (non-hydrogen) atoms. The van der Waals surface area contributed by atoms with E-state index in [1.165, 1.54) is 0 Å². The Kier molecular flexibility index (Phi) is 4.18. The first-order valence-electron chi connectivity index (χ1n) is 4.74. The van der Waals surface area contributed by atoms with Gasteiger partial charge in [0.05, 0.1) is 5.56 Å². The molecule has 1 aromatic carbocycles. The number of rotatable bonds is 4. The second-order valence-corrected chi connectivity index (χ2v) is 3.35. The fourth-order valence-corrected chi connectivity index (χ4v) is 1.07. The zero-order chi connectivity index (χ0) is 12.0. The number of nitrogens with zero attached hydrogens (tertiary/aromatic N) is 2. The third kappa shape index (κ3) is 3.19. The molecule has 0 aromatic heterocycles. The molecule has 0 fully saturated rings. The van der Waals surface area contributed by atoms with Crippen LogP contribution in [0.1, 0.15) is 12.5 Å². The second kappa shape index (κ2) is 5.63. The number of carbonyl (C=O) groups is 1. The SMILES string of the molecule is C=C(C)COC(=O)C(=[N+]=[N-])c1ccccc1. The molecule has 0 N–H and O–H groups in total. The van der Waals surface area contributed by atoms with Crippen molar-refractivity contribution >= 4 is 11.7 Å². The Hall–Kier alpha value is -2.19.